The Morgan fingerprint density at radius 2 is 1.46 bits per heavy atom. The number of aliphatic hydroxyl groups excluding tert-OH is 2. The number of rotatable bonds is 10. The monoisotopic (exact) mass is 554 g/mol. The van der Waals surface area contributed by atoms with E-state index in [4.69, 9.17) is 15.2 Å². The van der Waals surface area contributed by atoms with Gasteiger partial charge in [-0.2, -0.15) is 0 Å². The number of nitrogen functional groups attached to an aromatic ring is 1. The van der Waals surface area contributed by atoms with Crippen LogP contribution in [0.4, 0.5) is 5.82 Å². The molecule has 0 spiro atoms. The van der Waals surface area contributed by atoms with Crippen LogP contribution in [0.3, 0.4) is 0 Å². The molecule has 41 heavy (non-hydrogen) atoms. The highest BCUT2D eigenvalue weighted by atomic mass is 16.6. The molecule has 3 aromatic carbocycles. The normalized spacial score (nSPS) is 22.5. The number of ether oxygens (including phenoxy) is 2. The summed E-state index contributed by atoms with van der Waals surface area (Å²) in [5, 5.41) is 24.9. The van der Waals surface area contributed by atoms with Gasteiger partial charge in [-0.25, -0.2) is 4.98 Å². The maximum atomic E-state index is 12.6. The second-order valence-electron chi connectivity index (χ2n) is 10.7. The van der Waals surface area contributed by atoms with E-state index in [9.17, 15) is 15.0 Å². The number of amides is 1. The van der Waals surface area contributed by atoms with Crippen molar-refractivity contribution >= 4 is 11.7 Å². The third-order valence-electron chi connectivity index (χ3n) is 7.91. The second kappa shape index (κ2) is 11.5. The number of imidazole rings is 1. The van der Waals surface area contributed by atoms with E-state index in [0.29, 0.717) is 12.5 Å². The Hall–Kier alpha value is -4.02. The van der Waals surface area contributed by atoms with Crippen molar-refractivity contribution in [2.24, 2.45) is 5.92 Å². The number of aromatic nitrogens is 2. The lowest BCUT2D eigenvalue weighted by Crippen LogP contribution is -2.39. The van der Waals surface area contributed by atoms with Gasteiger partial charge in [-0.05, 0) is 35.4 Å². The summed E-state index contributed by atoms with van der Waals surface area (Å²) in [6.45, 7) is 0.536. The number of hydrogen-bond acceptors (Lipinski definition) is 7. The second-order valence-corrected chi connectivity index (χ2v) is 10.7. The third kappa shape index (κ3) is 5.25. The highest BCUT2D eigenvalue weighted by Crippen LogP contribution is 2.42. The maximum Gasteiger partial charge on any atom is 0.273 e. The van der Waals surface area contributed by atoms with Crippen LogP contribution in [0.5, 0.6) is 0 Å². The molecule has 1 aliphatic heterocycles. The minimum atomic E-state index is -1.32. The van der Waals surface area contributed by atoms with Gasteiger partial charge in [-0.15, -0.1) is 0 Å². The van der Waals surface area contributed by atoms with Crippen LogP contribution in [0.15, 0.2) is 97.3 Å². The number of aliphatic hydroxyl groups is 2. The van der Waals surface area contributed by atoms with Crippen LogP contribution in [0.2, 0.25) is 0 Å². The van der Waals surface area contributed by atoms with Gasteiger partial charge in [0.15, 0.2) is 11.9 Å². The van der Waals surface area contributed by atoms with Crippen molar-refractivity contribution in [3.63, 3.8) is 0 Å². The van der Waals surface area contributed by atoms with Gasteiger partial charge in [0.1, 0.15) is 29.7 Å². The summed E-state index contributed by atoms with van der Waals surface area (Å²) in [7, 11) is 0. The van der Waals surface area contributed by atoms with Gasteiger partial charge in [-0.1, -0.05) is 91.0 Å². The van der Waals surface area contributed by atoms with E-state index >= 15 is 0 Å². The average molecular weight is 555 g/mol. The molecule has 2 heterocycles. The first-order valence-corrected chi connectivity index (χ1v) is 13.9. The molecule has 5 N–H and O–H groups in total. The Labute approximate surface area is 238 Å². The van der Waals surface area contributed by atoms with Crippen LogP contribution in [-0.2, 0) is 15.1 Å². The average Bonchev–Trinajstić information content (AvgIpc) is 3.72. The van der Waals surface area contributed by atoms with Gasteiger partial charge in [0.2, 0.25) is 0 Å². The summed E-state index contributed by atoms with van der Waals surface area (Å²) in [4.78, 5) is 16.8. The van der Waals surface area contributed by atoms with Crippen molar-refractivity contribution in [1.29, 1.82) is 0 Å². The molecule has 4 aromatic rings. The molecule has 9 heteroatoms. The Kier molecular flexibility index (Phi) is 7.59. The topological polar surface area (TPSA) is 132 Å². The predicted octanol–water partition coefficient (Wildman–Crippen LogP) is 3.23. The summed E-state index contributed by atoms with van der Waals surface area (Å²) < 4.78 is 14.3. The molecular weight excluding hydrogens is 520 g/mol. The van der Waals surface area contributed by atoms with E-state index in [1.165, 1.54) is 10.9 Å². The lowest BCUT2D eigenvalue weighted by Gasteiger charge is -2.37. The number of benzene rings is 3. The van der Waals surface area contributed by atoms with Crippen LogP contribution in [-0.4, -0.2) is 57.1 Å². The van der Waals surface area contributed by atoms with Gasteiger partial charge in [0, 0.05) is 6.54 Å². The van der Waals surface area contributed by atoms with Crippen LogP contribution in [0, 0.1) is 5.92 Å². The Morgan fingerprint density at radius 1 is 0.927 bits per heavy atom. The molecule has 1 aliphatic carbocycles. The van der Waals surface area contributed by atoms with E-state index in [2.05, 4.69) is 10.3 Å². The lowest BCUT2D eigenvalue weighted by molar-refractivity contribution is -0.0945. The fourth-order valence-corrected chi connectivity index (χ4v) is 5.46. The predicted molar refractivity (Wildman–Crippen MR) is 153 cm³/mol. The third-order valence-corrected chi connectivity index (χ3v) is 7.91. The first-order chi connectivity index (χ1) is 20.0. The zero-order valence-corrected chi connectivity index (χ0v) is 22.5. The minimum absolute atomic E-state index is 0.0449. The molecule has 1 aromatic heterocycles. The Morgan fingerprint density at radius 3 is 1.98 bits per heavy atom. The zero-order valence-electron chi connectivity index (χ0n) is 22.5. The van der Waals surface area contributed by atoms with Crippen LogP contribution >= 0.6 is 0 Å². The van der Waals surface area contributed by atoms with Crippen LogP contribution in [0.1, 0.15) is 46.2 Å². The fourth-order valence-electron chi connectivity index (χ4n) is 5.46. The van der Waals surface area contributed by atoms with E-state index < -0.39 is 30.1 Å². The van der Waals surface area contributed by atoms with Gasteiger partial charge < -0.3 is 30.7 Å². The number of carbonyl (C=O) groups is 1. The van der Waals surface area contributed by atoms with Crippen molar-refractivity contribution in [3.8, 4) is 0 Å². The highest BCUT2D eigenvalue weighted by molar-refractivity contribution is 5.96. The van der Waals surface area contributed by atoms with Crippen molar-refractivity contribution < 1.29 is 24.5 Å². The van der Waals surface area contributed by atoms with E-state index in [1.807, 2.05) is 91.0 Å². The van der Waals surface area contributed by atoms with E-state index in [-0.39, 0.29) is 24.0 Å². The molecule has 9 nitrogen and oxygen atoms in total. The standard InChI is InChI=1S/C32H34N4O5/c33-29-26(30(39)34-18-21-16-17-21)35-20-36(29)31-28(38)27(37)25(41-31)19-40-32(22-10-4-1-5-11-22,23-12-6-2-7-13-23)24-14-8-3-9-15-24/h1-15,20-21,25,27-28,31,37-38H,16-19,33H2,(H,34,39)/t25-,27-,28-,31-/m1/s1. The number of nitrogens with zero attached hydrogens (tertiary/aromatic N) is 2. The van der Waals surface area contributed by atoms with Crippen molar-refractivity contribution in [1.82, 2.24) is 14.9 Å². The number of anilines is 1. The van der Waals surface area contributed by atoms with Gasteiger partial charge in [-0.3, -0.25) is 9.36 Å². The number of hydrogen-bond donors (Lipinski definition) is 4. The molecule has 0 bridgehead atoms. The molecule has 1 saturated carbocycles. The first kappa shape index (κ1) is 27.2. The Balaban J connectivity index is 1.27. The zero-order chi connectivity index (χ0) is 28.4. The molecule has 2 fully saturated rings. The minimum Gasteiger partial charge on any atom is -0.387 e. The molecule has 1 amide bonds. The fraction of sp³-hybridized carbons (Fsp3) is 0.312. The first-order valence-electron chi connectivity index (χ1n) is 13.9. The molecular formula is C32H34N4O5. The van der Waals surface area contributed by atoms with Gasteiger partial charge in [0.05, 0.1) is 12.9 Å². The quantitative estimate of drug-likeness (QED) is 0.221. The summed E-state index contributed by atoms with van der Waals surface area (Å²) in [5.74, 6) is 0.190. The molecule has 0 radical (unpaired) electrons. The van der Waals surface area contributed by atoms with Crippen LogP contribution in [0.25, 0.3) is 0 Å². The van der Waals surface area contributed by atoms with Crippen LogP contribution < -0.4 is 11.1 Å². The molecule has 4 atom stereocenters. The summed E-state index contributed by atoms with van der Waals surface area (Å²) in [6.07, 6.45) is -0.958. The lowest BCUT2D eigenvalue weighted by atomic mass is 9.80. The van der Waals surface area contributed by atoms with E-state index in [1.54, 1.807) is 0 Å². The Bertz CT molecular complexity index is 1360. The highest BCUT2D eigenvalue weighted by Gasteiger charge is 2.47. The SMILES string of the molecule is Nc1c(C(=O)NCC2CC2)ncn1[C@@H]1O[C@H](COC(c2ccccc2)(c2ccccc2)c2ccccc2)[C@@H](O)[C@H]1O. The van der Waals surface area contributed by atoms with Crippen molar-refractivity contribution in [2.45, 2.75) is 43.0 Å². The number of nitrogens with one attached hydrogen (secondary N) is 1. The molecule has 1 saturated heterocycles. The molecule has 2 aliphatic rings. The summed E-state index contributed by atoms with van der Waals surface area (Å²) in [5.41, 5.74) is 8.03. The summed E-state index contributed by atoms with van der Waals surface area (Å²) >= 11 is 0. The molecule has 0 unspecified atom stereocenters. The number of nitrogens with two attached hydrogens (primary N) is 1. The van der Waals surface area contributed by atoms with Gasteiger partial charge in [0.25, 0.3) is 5.91 Å². The summed E-state index contributed by atoms with van der Waals surface area (Å²) in [6, 6.07) is 29.6. The maximum absolute atomic E-state index is 12.6. The van der Waals surface area contributed by atoms with Gasteiger partial charge >= 0.3 is 0 Å². The largest absolute Gasteiger partial charge is 0.387 e. The van der Waals surface area contributed by atoms with Crippen molar-refractivity contribution in [2.75, 3.05) is 18.9 Å². The molecule has 6 rings (SSSR count). The molecule has 212 valence electrons. The van der Waals surface area contributed by atoms with Crippen molar-refractivity contribution in [3.05, 3.63) is 120 Å². The number of carbonyl (C=O) groups excluding carboxylic acids is 1. The van der Waals surface area contributed by atoms with E-state index in [0.717, 1.165) is 29.5 Å². The smallest absolute Gasteiger partial charge is 0.273 e.